The molecule has 1 atom stereocenters. The fourth-order valence-electron chi connectivity index (χ4n) is 4.63. The molecule has 1 aliphatic heterocycles. The minimum atomic E-state index is -0.474. The van der Waals surface area contributed by atoms with Crippen LogP contribution in [0, 0.1) is 0 Å². The number of nitrogens with one attached hydrogen (secondary N) is 1. The zero-order chi connectivity index (χ0) is 25.2. The third kappa shape index (κ3) is 4.38. The van der Waals surface area contributed by atoms with Crippen molar-refractivity contribution in [2.75, 3.05) is 5.32 Å². The van der Waals surface area contributed by atoms with Gasteiger partial charge < -0.3 is 10.4 Å². The van der Waals surface area contributed by atoms with Crippen molar-refractivity contribution in [1.82, 2.24) is 15.0 Å². The molecule has 1 aliphatic rings. The van der Waals surface area contributed by atoms with Crippen molar-refractivity contribution in [3.63, 3.8) is 0 Å². The van der Waals surface area contributed by atoms with Crippen molar-refractivity contribution in [3.8, 4) is 17.0 Å². The molecule has 3 aromatic carbocycles. The highest BCUT2D eigenvalue weighted by Crippen LogP contribution is 2.38. The first-order chi connectivity index (χ1) is 18.2. The van der Waals surface area contributed by atoms with Crippen LogP contribution in [0.3, 0.4) is 0 Å². The Morgan fingerprint density at radius 1 is 0.892 bits per heavy atom. The molecular weight excluding hydrogens is 462 g/mol. The molecule has 7 nitrogen and oxygen atoms in total. The molecule has 2 amide bonds. The average molecular weight is 486 g/mol. The van der Waals surface area contributed by atoms with Crippen LogP contribution in [0.25, 0.3) is 22.2 Å². The molecule has 0 spiro atoms. The number of hydrazone groups is 1. The molecule has 2 aromatic heterocycles. The number of phenols is 1. The van der Waals surface area contributed by atoms with Gasteiger partial charge in [-0.25, -0.2) is 14.8 Å². The van der Waals surface area contributed by atoms with Gasteiger partial charge in [-0.05, 0) is 24.3 Å². The monoisotopic (exact) mass is 485 g/mol. The zero-order valence-electron chi connectivity index (χ0n) is 19.8. The first kappa shape index (κ1) is 22.4. The number of benzene rings is 3. The van der Waals surface area contributed by atoms with Gasteiger partial charge in [0.2, 0.25) is 0 Å². The summed E-state index contributed by atoms with van der Waals surface area (Å²) in [5.74, 6) is 0.119. The van der Waals surface area contributed by atoms with E-state index in [0.29, 0.717) is 17.7 Å². The molecule has 0 fully saturated rings. The lowest BCUT2D eigenvalue weighted by Crippen LogP contribution is -2.31. The lowest BCUT2D eigenvalue weighted by molar-refractivity contribution is 0.199. The van der Waals surface area contributed by atoms with Gasteiger partial charge in [-0.1, -0.05) is 72.8 Å². The van der Waals surface area contributed by atoms with Gasteiger partial charge in [-0.2, -0.15) is 5.10 Å². The van der Waals surface area contributed by atoms with Gasteiger partial charge >= 0.3 is 6.03 Å². The van der Waals surface area contributed by atoms with Crippen molar-refractivity contribution in [2.45, 2.75) is 12.5 Å². The molecule has 5 aromatic rings. The molecule has 0 aliphatic carbocycles. The van der Waals surface area contributed by atoms with Crippen LogP contribution in [0.5, 0.6) is 5.75 Å². The number of aromatic nitrogens is 2. The summed E-state index contributed by atoms with van der Waals surface area (Å²) >= 11 is 0. The summed E-state index contributed by atoms with van der Waals surface area (Å²) < 4.78 is 0. The Hall–Kier alpha value is -5.04. The van der Waals surface area contributed by atoms with Crippen molar-refractivity contribution in [1.29, 1.82) is 0 Å². The van der Waals surface area contributed by atoms with Crippen molar-refractivity contribution < 1.29 is 9.90 Å². The molecule has 0 bridgehead atoms. The van der Waals surface area contributed by atoms with E-state index < -0.39 is 12.1 Å². The van der Waals surface area contributed by atoms with E-state index in [1.807, 2.05) is 84.9 Å². The van der Waals surface area contributed by atoms with E-state index in [2.05, 4.69) is 15.4 Å². The van der Waals surface area contributed by atoms with Crippen molar-refractivity contribution >= 4 is 28.3 Å². The van der Waals surface area contributed by atoms with Crippen LogP contribution >= 0.6 is 0 Å². The number of fused-ring (bicyclic) bond motifs is 1. The molecule has 7 heteroatoms. The summed E-state index contributed by atoms with van der Waals surface area (Å²) in [6.07, 6.45) is 3.87. The number of carbonyl (C=O) groups excluding carboxylic acids is 1. The van der Waals surface area contributed by atoms with Crippen LogP contribution in [-0.4, -0.2) is 31.8 Å². The molecule has 2 N–H and O–H groups in total. The first-order valence-electron chi connectivity index (χ1n) is 12.0. The molecule has 6 rings (SSSR count). The molecule has 3 heterocycles. The van der Waals surface area contributed by atoms with Crippen molar-refractivity contribution in [3.05, 3.63) is 121 Å². The molecule has 1 unspecified atom stereocenters. The van der Waals surface area contributed by atoms with Gasteiger partial charge in [-0.3, -0.25) is 4.98 Å². The van der Waals surface area contributed by atoms with Crippen LogP contribution in [0.4, 0.5) is 10.5 Å². The molecule has 0 saturated carbocycles. The highest BCUT2D eigenvalue weighted by atomic mass is 16.3. The van der Waals surface area contributed by atoms with Crippen LogP contribution < -0.4 is 5.32 Å². The number of pyridine rings is 2. The van der Waals surface area contributed by atoms with Gasteiger partial charge in [-0.15, -0.1) is 0 Å². The number of hydrogen-bond acceptors (Lipinski definition) is 5. The number of aromatic hydroxyl groups is 1. The SMILES string of the molecule is O=C(Nc1cc(-c2ccccc2)nc2ccccc12)N1N=C(c2cccnc2)CC1c1ccccc1O. The van der Waals surface area contributed by atoms with E-state index in [1.165, 1.54) is 5.01 Å². The largest absolute Gasteiger partial charge is 0.508 e. The summed E-state index contributed by atoms with van der Waals surface area (Å²) in [6, 6.07) is 29.4. The number of anilines is 1. The van der Waals surface area contributed by atoms with Crippen molar-refractivity contribution in [2.24, 2.45) is 5.10 Å². The van der Waals surface area contributed by atoms with Gasteiger partial charge in [0.05, 0.1) is 28.7 Å². The predicted molar refractivity (Wildman–Crippen MR) is 144 cm³/mol. The summed E-state index contributed by atoms with van der Waals surface area (Å²) in [4.78, 5) is 22.8. The second-order valence-corrected chi connectivity index (χ2v) is 8.78. The smallest absolute Gasteiger partial charge is 0.342 e. The second kappa shape index (κ2) is 9.54. The highest BCUT2D eigenvalue weighted by Gasteiger charge is 2.35. The quantitative estimate of drug-likeness (QED) is 0.309. The van der Waals surface area contributed by atoms with E-state index >= 15 is 0 Å². The number of urea groups is 1. The lowest BCUT2D eigenvalue weighted by atomic mass is 9.98. The Morgan fingerprint density at radius 3 is 2.46 bits per heavy atom. The highest BCUT2D eigenvalue weighted by molar-refractivity contribution is 6.06. The number of phenolic OH excluding ortho intramolecular Hbond substituents is 1. The number of amides is 2. The summed E-state index contributed by atoms with van der Waals surface area (Å²) in [5.41, 5.74) is 5.31. The molecule has 0 radical (unpaired) electrons. The Morgan fingerprint density at radius 2 is 1.65 bits per heavy atom. The normalized spacial score (nSPS) is 15.0. The maximum Gasteiger partial charge on any atom is 0.342 e. The van der Waals surface area contributed by atoms with Crippen LogP contribution in [0.2, 0.25) is 0 Å². The Labute approximate surface area is 213 Å². The van der Waals surface area contributed by atoms with Crippen LogP contribution in [0.1, 0.15) is 23.6 Å². The number of para-hydroxylation sites is 2. The second-order valence-electron chi connectivity index (χ2n) is 8.78. The van der Waals surface area contributed by atoms with E-state index in [4.69, 9.17) is 4.98 Å². The van der Waals surface area contributed by atoms with Crippen LogP contribution in [-0.2, 0) is 0 Å². The van der Waals surface area contributed by atoms with Gasteiger partial charge in [0.1, 0.15) is 5.75 Å². The summed E-state index contributed by atoms with van der Waals surface area (Å²) in [7, 11) is 0. The fourth-order valence-corrected chi connectivity index (χ4v) is 4.63. The van der Waals surface area contributed by atoms with Gasteiger partial charge in [0.15, 0.2) is 0 Å². The average Bonchev–Trinajstić information content (AvgIpc) is 3.40. The van der Waals surface area contributed by atoms with E-state index in [0.717, 1.165) is 33.4 Å². The third-order valence-electron chi connectivity index (χ3n) is 6.44. The predicted octanol–water partition coefficient (Wildman–Crippen LogP) is 6.39. The molecule has 37 heavy (non-hydrogen) atoms. The third-order valence-corrected chi connectivity index (χ3v) is 6.44. The van der Waals surface area contributed by atoms with E-state index in [9.17, 15) is 9.90 Å². The molecular formula is C30H23N5O2. The first-order valence-corrected chi connectivity index (χ1v) is 12.0. The van der Waals surface area contributed by atoms with E-state index in [-0.39, 0.29) is 5.75 Å². The fraction of sp³-hybridized carbons (Fsp3) is 0.0667. The number of rotatable bonds is 4. The summed E-state index contributed by atoms with van der Waals surface area (Å²) in [6.45, 7) is 0. The number of nitrogens with zero attached hydrogens (tertiary/aromatic N) is 4. The van der Waals surface area contributed by atoms with Gasteiger partial charge in [0, 0.05) is 40.9 Å². The maximum atomic E-state index is 13.8. The van der Waals surface area contributed by atoms with Crippen LogP contribution in [0.15, 0.2) is 115 Å². The summed E-state index contributed by atoms with van der Waals surface area (Å²) in [5, 5.41) is 20.6. The molecule has 0 saturated heterocycles. The zero-order valence-corrected chi connectivity index (χ0v) is 19.8. The van der Waals surface area contributed by atoms with Gasteiger partial charge in [0.25, 0.3) is 0 Å². The van der Waals surface area contributed by atoms with E-state index in [1.54, 1.807) is 24.5 Å². The maximum absolute atomic E-state index is 13.8. The minimum Gasteiger partial charge on any atom is -0.508 e. The standard InChI is InChI=1S/C30H23N5O2/c36-29-15-7-5-13-23(29)28-18-26(21-11-8-16-31-19-21)34-35(28)30(37)33-27-17-25(20-9-2-1-3-10-20)32-24-14-6-4-12-22(24)27/h1-17,19,28,36H,18H2,(H,32,33,37). The molecule has 180 valence electrons. The Balaban J connectivity index is 1.40. The Kier molecular flexibility index (Phi) is 5.78. The lowest BCUT2D eigenvalue weighted by Gasteiger charge is -2.23. The topological polar surface area (TPSA) is 90.7 Å². The number of hydrogen-bond donors (Lipinski definition) is 2. The number of carbonyl (C=O) groups is 1. The Bertz CT molecular complexity index is 1620. The minimum absolute atomic E-state index is 0.119.